The van der Waals surface area contributed by atoms with Crippen LogP contribution < -0.4 is 5.32 Å². The molecule has 1 rings (SSSR count). The van der Waals surface area contributed by atoms with Crippen LogP contribution in [0.5, 0.6) is 0 Å². The lowest BCUT2D eigenvalue weighted by molar-refractivity contribution is -0.138. The SMILES string of the molecule is CC1CN(C(=O)N[C@@H](C)C(=O)O)CC(C)N1C. The van der Waals surface area contributed by atoms with Gasteiger partial charge in [-0.1, -0.05) is 0 Å². The molecule has 17 heavy (non-hydrogen) atoms. The molecule has 0 aromatic heterocycles. The van der Waals surface area contributed by atoms with Crippen LogP contribution in [0.3, 0.4) is 0 Å². The molecule has 0 aliphatic carbocycles. The number of carbonyl (C=O) groups is 2. The first-order chi connectivity index (χ1) is 7.82. The zero-order valence-corrected chi connectivity index (χ0v) is 10.8. The third kappa shape index (κ3) is 3.33. The van der Waals surface area contributed by atoms with Crippen LogP contribution in [0.2, 0.25) is 0 Å². The van der Waals surface area contributed by atoms with Crippen molar-refractivity contribution >= 4 is 12.0 Å². The van der Waals surface area contributed by atoms with Gasteiger partial charge in [0.2, 0.25) is 0 Å². The van der Waals surface area contributed by atoms with Crippen molar-refractivity contribution in [1.29, 1.82) is 0 Å². The van der Waals surface area contributed by atoms with E-state index in [2.05, 4.69) is 24.1 Å². The van der Waals surface area contributed by atoms with Crippen molar-refractivity contribution in [3.63, 3.8) is 0 Å². The monoisotopic (exact) mass is 243 g/mol. The minimum atomic E-state index is -1.02. The van der Waals surface area contributed by atoms with Crippen LogP contribution in [0.15, 0.2) is 0 Å². The summed E-state index contributed by atoms with van der Waals surface area (Å²) in [6, 6.07) is -0.589. The van der Waals surface area contributed by atoms with Gasteiger partial charge in [0.05, 0.1) is 0 Å². The maximum Gasteiger partial charge on any atom is 0.325 e. The molecular weight excluding hydrogens is 222 g/mol. The first kappa shape index (κ1) is 13.8. The highest BCUT2D eigenvalue weighted by molar-refractivity contribution is 5.82. The Morgan fingerprint density at radius 3 is 2.18 bits per heavy atom. The predicted octanol–water partition coefficient (Wildman–Crippen LogP) is 0.194. The largest absolute Gasteiger partial charge is 0.480 e. The smallest absolute Gasteiger partial charge is 0.325 e. The molecule has 0 spiro atoms. The van der Waals surface area contributed by atoms with E-state index >= 15 is 0 Å². The van der Waals surface area contributed by atoms with Gasteiger partial charge in [0.15, 0.2) is 0 Å². The van der Waals surface area contributed by atoms with Crippen molar-refractivity contribution in [2.24, 2.45) is 0 Å². The van der Waals surface area contributed by atoms with Crippen LogP contribution in [0.25, 0.3) is 0 Å². The molecule has 0 radical (unpaired) electrons. The summed E-state index contributed by atoms with van der Waals surface area (Å²) in [5.74, 6) is -1.02. The van der Waals surface area contributed by atoms with Crippen molar-refractivity contribution in [3.8, 4) is 0 Å². The molecule has 6 nitrogen and oxygen atoms in total. The van der Waals surface area contributed by atoms with Gasteiger partial charge in [0, 0.05) is 25.2 Å². The minimum Gasteiger partial charge on any atom is -0.480 e. The van der Waals surface area contributed by atoms with Crippen LogP contribution in [0.4, 0.5) is 4.79 Å². The van der Waals surface area contributed by atoms with Crippen LogP contribution >= 0.6 is 0 Å². The number of amides is 2. The van der Waals surface area contributed by atoms with E-state index in [0.29, 0.717) is 13.1 Å². The topological polar surface area (TPSA) is 72.9 Å². The highest BCUT2D eigenvalue weighted by Crippen LogP contribution is 2.13. The number of aliphatic carboxylic acids is 1. The summed E-state index contributed by atoms with van der Waals surface area (Å²) in [6.07, 6.45) is 0. The molecule has 98 valence electrons. The second kappa shape index (κ2) is 5.35. The number of carboxylic acid groups (broad SMARTS) is 1. The molecule has 6 heteroatoms. The number of nitrogens with zero attached hydrogens (tertiary/aromatic N) is 2. The van der Waals surface area contributed by atoms with E-state index in [-0.39, 0.29) is 18.1 Å². The minimum absolute atomic E-state index is 0.282. The fourth-order valence-electron chi connectivity index (χ4n) is 1.91. The normalized spacial score (nSPS) is 27.6. The quantitative estimate of drug-likeness (QED) is 0.726. The van der Waals surface area contributed by atoms with Crippen molar-refractivity contribution in [2.75, 3.05) is 20.1 Å². The Morgan fingerprint density at radius 2 is 1.76 bits per heavy atom. The number of carboxylic acids is 1. The molecule has 3 atom stereocenters. The molecule has 2 amide bonds. The Morgan fingerprint density at radius 1 is 1.29 bits per heavy atom. The molecule has 1 fully saturated rings. The third-order valence-electron chi connectivity index (χ3n) is 3.36. The van der Waals surface area contributed by atoms with Gasteiger partial charge >= 0.3 is 12.0 Å². The first-order valence-corrected chi connectivity index (χ1v) is 5.83. The van der Waals surface area contributed by atoms with E-state index in [1.54, 1.807) is 4.90 Å². The van der Waals surface area contributed by atoms with Crippen LogP contribution in [-0.4, -0.2) is 65.2 Å². The van der Waals surface area contributed by atoms with Gasteiger partial charge in [0.25, 0.3) is 0 Å². The number of carbonyl (C=O) groups excluding carboxylic acids is 1. The molecule has 2 unspecified atom stereocenters. The Labute approximate surface area is 102 Å². The van der Waals surface area contributed by atoms with Crippen LogP contribution in [0.1, 0.15) is 20.8 Å². The number of piperazine rings is 1. The van der Waals surface area contributed by atoms with Crippen molar-refractivity contribution in [1.82, 2.24) is 15.1 Å². The number of nitrogens with one attached hydrogen (secondary N) is 1. The molecule has 1 aliphatic rings. The molecule has 0 aromatic carbocycles. The van der Waals surface area contributed by atoms with Gasteiger partial charge in [-0.2, -0.15) is 0 Å². The number of likely N-dealkylation sites (N-methyl/N-ethyl adjacent to an activating group) is 1. The Kier molecular flexibility index (Phi) is 4.34. The van der Waals surface area contributed by atoms with Crippen LogP contribution in [0, 0.1) is 0 Å². The highest BCUT2D eigenvalue weighted by atomic mass is 16.4. The molecule has 2 N–H and O–H groups in total. The Balaban J connectivity index is 2.56. The number of urea groups is 1. The van der Waals surface area contributed by atoms with E-state index in [1.165, 1.54) is 6.92 Å². The van der Waals surface area contributed by atoms with Gasteiger partial charge in [-0.25, -0.2) is 4.79 Å². The molecular formula is C11H21N3O3. The Hall–Kier alpha value is -1.30. The summed E-state index contributed by atoms with van der Waals surface area (Å²) in [7, 11) is 2.03. The van der Waals surface area contributed by atoms with E-state index < -0.39 is 12.0 Å². The molecule has 0 saturated carbocycles. The fraction of sp³-hybridized carbons (Fsp3) is 0.818. The van der Waals surface area contributed by atoms with Crippen molar-refractivity contribution in [3.05, 3.63) is 0 Å². The van der Waals surface area contributed by atoms with E-state index in [1.807, 2.05) is 7.05 Å². The van der Waals surface area contributed by atoms with Crippen molar-refractivity contribution < 1.29 is 14.7 Å². The van der Waals surface area contributed by atoms with Gasteiger partial charge in [-0.3, -0.25) is 9.69 Å². The second-order valence-corrected chi connectivity index (χ2v) is 4.78. The van der Waals surface area contributed by atoms with Crippen molar-refractivity contribution in [2.45, 2.75) is 38.9 Å². The van der Waals surface area contributed by atoms with Gasteiger partial charge in [-0.15, -0.1) is 0 Å². The van der Waals surface area contributed by atoms with Gasteiger partial charge in [-0.05, 0) is 27.8 Å². The lowest BCUT2D eigenvalue weighted by Crippen LogP contribution is -2.59. The summed E-state index contributed by atoms with van der Waals surface area (Å²) in [5, 5.41) is 11.2. The number of rotatable bonds is 2. The lowest BCUT2D eigenvalue weighted by Gasteiger charge is -2.42. The fourth-order valence-corrected chi connectivity index (χ4v) is 1.91. The molecule has 1 saturated heterocycles. The van der Waals surface area contributed by atoms with Gasteiger partial charge < -0.3 is 15.3 Å². The second-order valence-electron chi connectivity index (χ2n) is 4.78. The highest BCUT2D eigenvalue weighted by Gasteiger charge is 2.30. The summed E-state index contributed by atoms with van der Waals surface area (Å²) in [6.45, 7) is 6.81. The molecule has 1 aliphatic heterocycles. The summed E-state index contributed by atoms with van der Waals surface area (Å²) >= 11 is 0. The average Bonchev–Trinajstić information content (AvgIpc) is 2.24. The summed E-state index contributed by atoms with van der Waals surface area (Å²) < 4.78 is 0. The van der Waals surface area contributed by atoms with Gasteiger partial charge in [0.1, 0.15) is 6.04 Å². The van der Waals surface area contributed by atoms with E-state index in [9.17, 15) is 9.59 Å². The zero-order chi connectivity index (χ0) is 13.2. The maximum absolute atomic E-state index is 11.8. The third-order valence-corrected chi connectivity index (χ3v) is 3.36. The lowest BCUT2D eigenvalue weighted by atomic mass is 10.1. The zero-order valence-electron chi connectivity index (χ0n) is 10.8. The first-order valence-electron chi connectivity index (χ1n) is 5.83. The molecule has 0 aromatic rings. The molecule has 0 bridgehead atoms. The van der Waals surface area contributed by atoms with Crippen LogP contribution in [-0.2, 0) is 4.79 Å². The average molecular weight is 243 g/mol. The molecule has 1 heterocycles. The number of hydrogen-bond acceptors (Lipinski definition) is 3. The Bertz CT molecular complexity index is 296. The van der Waals surface area contributed by atoms with E-state index in [4.69, 9.17) is 5.11 Å². The summed E-state index contributed by atoms with van der Waals surface area (Å²) in [5.41, 5.74) is 0. The van der Waals surface area contributed by atoms with E-state index in [0.717, 1.165) is 0 Å². The predicted molar refractivity (Wildman–Crippen MR) is 63.9 cm³/mol. The number of hydrogen-bond donors (Lipinski definition) is 2. The standard InChI is InChI=1S/C11H21N3O3/c1-7-5-14(6-8(2)13(7)4)11(17)12-9(3)10(15)16/h7-9H,5-6H2,1-4H3,(H,12,17)(H,15,16)/t7?,8?,9-/m0/s1. The summed E-state index contributed by atoms with van der Waals surface area (Å²) in [4.78, 5) is 26.4. The maximum atomic E-state index is 11.8.